The summed E-state index contributed by atoms with van der Waals surface area (Å²) in [6, 6.07) is 0.519. The Morgan fingerprint density at radius 1 is 1.24 bits per heavy atom. The molecule has 5 nitrogen and oxygen atoms in total. The molecule has 3 N–H and O–H groups in total. The van der Waals surface area contributed by atoms with Gasteiger partial charge >= 0.3 is 0 Å². The third-order valence-electron chi connectivity index (χ3n) is 3.51. The SMILES string of the molecule is CCNC(=NCC(O)COCC(C)C)NC1CCCCC1. The van der Waals surface area contributed by atoms with Crippen LogP contribution >= 0.6 is 0 Å². The van der Waals surface area contributed by atoms with Crippen LogP contribution < -0.4 is 10.6 Å². The molecule has 0 aromatic heterocycles. The molecule has 1 unspecified atom stereocenters. The summed E-state index contributed by atoms with van der Waals surface area (Å²) in [6.45, 7) is 8.49. The van der Waals surface area contributed by atoms with Crippen LogP contribution in [0, 0.1) is 5.92 Å². The van der Waals surface area contributed by atoms with Gasteiger partial charge in [-0.2, -0.15) is 0 Å². The van der Waals surface area contributed by atoms with Crippen molar-refractivity contribution in [3.8, 4) is 0 Å². The molecule has 1 aliphatic rings. The number of hydrogen-bond donors (Lipinski definition) is 3. The number of aliphatic hydroxyl groups is 1. The average Bonchev–Trinajstić information content (AvgIpc) is 2.46. The Balaban J connectivity index is 2.32. The van der Waals surface area contributed by atoms with Crippen LogP contribution in [0.2, 0.25) is 0 Å². The van der Waals surface area contributed by atoms with Gasteiger partial charge in [-0.1, -0.05) is 33.1 Å². The van der Waals surface area contributed by atoms with Gasteiger partial charge in [0.1, 0.15) is 0 Å². The lowest BCUT2D eigenvalue weighted by atomic mass is 9.96. The Labute approximate surface area is 129 Å². The smallest absolute Gasteiger partial charge is 0.191 e. The highest BCUT2D eigenvalue weighted by Crippen LogP contribution is 2.17. The largest absolute Gasteiger partial charge is 0.389 e. The summed E-state index contributed by atoms with van der Waals surface area (Å²) in [4.78, 5) is 4.47. The maximum Gasteiger partial charge on any atom is 0.191 e. The summed E-state index contributed by atoms with van der Waals surface area (Å²) >= 11 is 0. The topological polar surface area (TPSA) is 65.9 Å². The van der Waals surface area contributed by atoms with Gasteiger partial charge < -0.3 is 20.5 Å². The van der Waals surface area contributed by atoms with Crippen molar-refractivity contribution >= 4 is 5.96 Å². The Kier molecular flexibility index (Phi) is 9.42. The van der Waals surface area contributed by atoms with Crippen molar-refractivity contribution < 1.29 is 9.84 Å². The highest BCUT2D eigenvalue weighted by Gasteiger charge is 2.14. The van der Waals surface area contributed by atoms with E-state index in [9.17, 15) is 5.11 Å². The minimum atomic E-state index is -0.537. The first kappa shape index (κ1) is 18.2. The van der Waals surface area contributed by atoms with Crippen LogP contribution in [-0.4, -0.2) is 49.5 Å². The third-order valence-corrected chi connectivity index (χ3v) is 3.51. The first-order chi connectivity index (χ1) is 10.1. The number of hydrogen-bond acceptors (Lipinski definition) is 3. The average molecular weight is 299 g/mol. The van der Waals surface area contributed by atoms with Gasteiger partial charge in [-0.15, -0.1) is 0 Å². The Bertz CT molecular complexity index is 289. The quantitative estimate of drug-likeness (QED) is 0.473. The zero-order chi connectivity index (χ0) is 15.5. The van der Waals surface area contributed by atoms with Crippen molar-refractivity contribution in [3.63, 3.8) is 0 Å². The molecular weight excluding hydrogens is 266 g/mol. The molecule has 0 bridgehead atoms. The van der Waals surface area contributed by atoms with Gasteiger partial charge in [-0.25, -0.2) is 0 Å². The highest BCUT2D eigenvalue weighted by atomic mass is 16.5. The highest BCUT2D eigenvalue weighted by molar-refractivity contribution is 5.80. The van der Waals surface area contributed by atoms with Gasteiger partial charge in [-0.3, -0.25) is 4.99 Å². The monoisotopic (exact) mass is 299 g/mol. The lowest BCUT2D eigenvalue weighted by Crippen LogP contribution is -2.44. The Morgan fingerprint density at radius 3 is 2.57 bits per heavy atom. The van der Waals surface area contributed by atoms with Gasteiger partial charge in [0.2, 0.25) is 0 Å². The molecular formula is C16H33N3O2. The molecule has 0 saturated heterocycles. The number of guanidine groups is 1. The van der Waals surface area contributed by atoms with E-state index in [1.807, 2.05) is 0 Å². The molecule has 1 fully saturated rings. The maximum absolute atomic E-state index is 9.90. The zero-order valence-electron chi connectivity index (χ0n) is 13.9. The molecule has 1 saturated carbocycles. The van der Waals surface area contributed by atoms with Crippen molar-refractivity contribution in [1.82, 2.24) is 10.6 Å². The van der Waals surface area contributed by atoms with Crippen molar-refractivity contribution in [2.24, 2.45) is 10.9 Å². The molecule has 1 atom stereocenters. The maximum atomic E-state index is 9.90. The standard InChI is InChI=1S/C16H33N3O2/c1-4-17-16(19-14-8-6-5-7-9-14)18-10-15(20)12-21-11-13(2)3/h13-15,20H,4-12H2,1-3H3,(H2,17,18,19). The van der Waals surface area contributed by atoms with E-state index in [0.717, 1.165) is 12.5 Å². The van der Waals surface area contributed by atoms with E-state index in [0.29, 0.717) is 31.7 Å². The number of ether oxygens (including phenoxy) is 1. The van der Waals surface area contributed by atoms with E-state index in [4.69, 9.17) is 4.74 Å². The first-order valence-corrected chi connectivity index (χ1v) is 8.42. The van der Waals surface area contributed by atoms with Crippen LogP contribution in [0.25, 0.3) is 0 Å². The van der Waals surface area contributed by atoms with E-state index < -0.39 is 6.10 Å². The molecule has 124 valence electrons. The summed E-state index contributed by atoms with van der Waals surface area (Å²) in [5.74, 6) is 1.30. The third kappa shape index (κ3) is 8.94. The fraction of sp³-hybridized carbons (Fsp3) is 0.938. The van der Waals surface area contributed by atoms with E-state index in [-0.39, 0.29) is 0 Å². The van der Waals surface area contributed by atoms with Crippen molar-refractivity contribution in [1.29, 1.82) is 0 Å². The molecule has 1 rings (SSSR count). The fourth-order valence-corrected chi connectivity index (χ4v) is 2.45. The summed E-state index contributed by atoms with van der Waals surface area (Å²) < 4.78 is 5.44. The minimum absolute atomic E-state index is 0.352. The molecule has 21 heavy (non-hydrogen) atoms. The van der Waals surface area contributed by atoms with Gasteiger partial charge in [0.25, 0.3) is 0 Å². The number of rotatable bonds is 8. The molecule has 1 aliphatic carbocycles. The summed E-state index contributed by atoms with van der Waals surface area (Å²) in [5.41, 5.74) is 0. The van der Waals surface area contributed by atoms with Gasteiger partial charge in [0.15, 0.2) is 5.96 Å². The lowest BCUT2D eigenvalue weighted by molar-refractivity contribution is 0.0301. The first-order valence-electron chi connectivity index (χ1n) is 8.42. The van der Waals surface area contributed by atoms with E-state index >= 15 is 0 Å². The summed E-state index contributed by atoms with van der Waals surface area (Å²) in [6.07, 6.45) is 5.82. The van der Waals surface area contributed by atoms with Crippen molar-refractivity contribution in [2.75, 3.05) is 26.3 Å². The van der Waals surface area contributed by atoms with E-state index in [1.165, 1.54) is 32.1 Å². The van der Waals surface area contributed by atoms with E-state index in [1.54, 1.807) is 0 Å². The van der Waals surface area contributed by atoms with Gasteiger partial charge in [0, 0.05) is 19.2 Å². The molecule has 0 amide bonds. The molecule has 0 aromatic rings. The van der Waals surface area contributed by atoms with Crippen LogP contribution in [0.4, 0.5) is 0 Å². The van der Waals surface area contributed by atoms with Crippen LogP contribution in [0.1, 0.15) is 52.9 Å². The number of nitrogens with zero attached hydrogens (tertiary/aromatic N) is 1. The molecule has 0 radical (unpaired) electrons. The normalized spacial score (nSPS) is 18.8. The van der Waals surface area contributed by atoms with E-state index in [2.05, 4.69) is 36.4 Å². The van der Waals surface area contributed by atoms with Crippen LogP contribution in [0.5, 0.6) is 0 Å². The van der Waals surface area contributed by atoms with Crippen LogP contribution in [0.15, 0.2) is 4.99 Å². The van der Waals surface area contributed by atoms with Crippen molar-refractivity contribution in [3.05, 3.63) is 0 Å². The molecule has 0 heterocycles. The second-order valence-electron chi connectivity index (χ2n) is 6.28. The summed E-state index contributed by atoms with van der Waals surface area (Å²) in [7, 11) is 0. The minimum Gasteiger partial charge on any atom is -0.389 e. The molecule has 5 heteroatoms. The van der Waals surface area contributed by atoms with Crippen molar-refractivity contribution in [2.45, 2.75) is 65.0 Å². The lowest BCUT2D eigenvalue weighted by Gasteiger charge is -2.25. The number of nitrogens with one attached hydrogen (secondary N) is 2. The molecule has 0 aromatic carbocycles. The van der Waals surface area contributed by atoms with Crippen LogP contribution in [-0.2, 0) is 4.74 Å². The predicted molar refractivity (Wildman–Crippen MR) is 87.7 cm³/mol. The zero-order valence-corrected chi connectivity index (χ0v) is 13.9. The van der Waals surface area contributed by atoms with Gasteiger partial charge in [-0.05, 0) is 25.7 Å². The van der Waals surface area contributed by atoms with Gasteiger partial charge in [0.05, 0.1) is 19.3 Å². The molecule has 0 aliphatic heterocycles. The Morgan fingerprint density at radius 2 is 1.95 bits per heavy atom. The second kappa shape index (κ2) is 10.9. The summed E-state index contributed by atoms with van der Waals surface area (Å²) in [5, 5.41) is 16.6. The Hall–Kier alpha value is -0.810. The number of aliphatic hydroxyl groups excluding tert-OH is 1. The fourth-order valence-electron chi connectivity index (χ4n) is 2.45. The molecule has 0 spiro atoms. The number of aliphatic imine (C=N–C) groups is 1. The second-order valence-corrected chi connectivity index (χ2v) is 6.28. The predicted octanol–water partition coefficient (Wildman–Crippen LogP) is 1.91. The van der Waals surface area contributed by atoms with Crippen LogP contribution in [0.3, 0.4) is 0 Å².